The number of carbonyl (C=O) groups is 2. The van der Waals surface area contributed by atoms with Crippen LogP contribution in [0.4, 0.5) is 27.1 Å². The summed E-state index contributed by atoms with van der Waals surface area (Å²) in [6, 6.07) is 40.7. The monoisotopic (exact) mass is 1930 g/mol. The molecule has 34 heteroatoms. The number of halogens is 3. The van der Waals surface area contributed by atoms with Gasteiger partial charge in [-0.25, -0.2) is 40.6 Å². The molecule has 4 aromatic heterocycles. The topological polar surface area (TPSA) is 317 Å². The number of hydrogen-bond acceptors (Lipinski definition) is 21. The number of benzene rings is 6. The number of nitro groups is 2. The largest absolute Gasteiger partial charge is 0.455 e. The van der Waals surface area contributed by atoms with Gasteiger partial charge in [0.15, 0.2) is 0 Å². The average molecular weight is 1930 g/mol. The average Bonchev–Trinajstić information content (AvgIpc) is 1.70. The molecule has 2 unspecified atom stereocenters. The van der Waals surface area contributed by atoms with Gasteiger partial charge < -0.3 is 34.0 Å². The number of carbonyl (C=O) groups excluding carboxylic acids is 2. The van der Waals surface area contributed by atoms with Crippen molar-refractivity contribution in [3.05, 3.63) is 245 Å². The van der Waals surface area contributed by atoms with Gasteiger partial charge in [0.1, 0.15) is 41.0 Å². The van der Waals surface area contributed by atoms with E-state index in [2.05, 4.69) is 137 Å². The summed E-state index contributed by atoms with van der Waals surface area (Å²) in [5.41, 5.74) is 11.4. The number of piperazine rings is 2. The van der Waals surface area contributed by atoms with Crippen molar-refractivity contribution in [2.24, 2.45) is 10.8 Å². The quantitative estimate of drug-likeness (QED) is 0.0178. The van der Waals surface area contributed by atoms with Gasteiger partial charge in [-0.05, 0) is 220 Å². The number of aromatic nitrogens is 4. The minimum atomic E-state index is -4.61. The maximum atomic E-state index is 14.2. The molecule has 2 amide bonds. The summed E-state index contributed by atoms with van der Waals surface area (Å²) >= 11 is 12.5. The van der Waals surface area contributed by atoms with Gasteiger partial charge in [0.25, 0.3) is 43.2 Å². The molecule has 0 radical (unpaired) electrons. The number of nitrogens with zero attached hydrogens (tertiary/aromatic N) is 10. The molecule has 4 saturated heterocycles. The normalized spacial score (nSPS) is 18.5. The van der Waals surface area contributed by atoms with Crippen molar-refractivity contribution in [3.8, 4) is 23.0 Å². The number of H-pyrrole nitrogens is 2. The van der Waals surface area contributed by atoms with Crippen molar-refractivity contribution >= 4 is 137 Å². The molecule has 8 heterocycles. The smallest absolute Gasteiger partial charge is 0.273 e. The minimum absolute atomic E-state index is 0.0312. The van der Waals surface area contributed by atoms with Gasteiger partial charge in [-0.1, -0.05) is 98.4 Å². The Bertz CT molecular complexity index is 6370. The van der Waals surface area contributed by atoms with E-state index < -0.39 is 83.7 Å². The highest BCUT2D eigenvalue weighted by molar-refractivity contribution is 7.90. The van der Waals surface area contributed by atoms with Crippen molar-refractivity contribution in [1.29, 1.82) is 0 Å². The Morgan fingerprint density at radius 3 is 1.32 bits per heavy atom. The third-order valence-corrected chi connectivity index (χ3v) is 35.3. The lowest BCUT2D eigenvalue weighted by atomic mass is 9.72. The molecular formula is C99H119Cl2FN14O13P2S2. The number of anilines is 2. The van der Waals surface area contributed by atoms with Gasteiger partial charge >= 0.3 is 0 Å². The lowest BCUT2D eigenvalue weighted by molar-refractivity contribution is -0.385. The second kappa shape index (κ2) is 41.6. The zero-order valence-corrected chi connectivity index (χ0v) is 81.5. The van der Waals surface area contributed by atoms with Crippen LogP contribution < -0.4 is 28.7 Å². The van der Waals surface area contributed by atoms with E-state index in [0.29, 0.717) is 67.3 Å². The molecule has 16 rings (SSSR count). The molecule has 133 heavy (non-hydrogen) atoms. The van der Waals surface area contributed by atoms with E-state index in [-0.39, 0.29) is 57.2 Å². The zero-order chi connectivity index (χ0) is 94.3. The van der Waals surface area contributed by atoms with Crippen LogP contribution in [-0.4, -0.2) is 253 Å². The maximum Gasteiger partial charge on any atom is 0.273 e. The molecular weight excluding hydrogens is 1810 g/mol. The number of aromatic amines is 2. The molecule has 4 N–H and O–H groups in total. The number of fused-ring (bicyclic) bond motifs is 2. The number of ether oxygens (including phenoxy) is 3. The summed E-state index contributed by atoms with van der Waals surface area (Å²) in [4.78, 5) is 79.5. The van der Waals surface area contributed by atoms with E-state index in [1.807, 2.05) is 36.4 Å². The first-order chi connectivity index (χ1) is 63.4. The number of rotatable bonds is 31. The Balaban J connectivity index is 0.000000203. The molecule has 2 aliphatic carbocycles. The molecule has 0 saturated carbocycles. The Labute approximate surface area is 788 Å². The number of sulfonamides is 2. The van der Waals surface area contributed by atoms with Crippen LogP contribution in [0.5, 0.6) is 23.0 Å². The minimum Gasteiger partial charge on any atom is -0.455 e. The second-order valence-electron chi connectivity index (χ2n) is 38.3. The third kappa shape index (κ3) is 24.6. The maximum absolute atomic E-state index is 14.2. The van der Waals surface area contributed by atoms with Crippen molar-refractivity contribution in [2.75, 3.05) is 160 Å². The molecule has 4 aliphatic heterocycles. The van der Waals surface area contributed by atoms with Gasteiger partial charge in [-0.2, -0.15) is 0 Å². The van der Waals surface area contributed by atoms with E-state index in [9.17, 15) is 51.0 Å². The molecule has 0 bridgehead atoms. The summed E-state index contributed by atoms with van der Waals surface area (Å²) in [5, 5.41) is 27.7. The van der Waals surface area contributed by atoms with Gasteiger partial charge in [-0.15, -0.1) is 26.4 Å². The van der Waals surface area contributed by atoms with Crippen molar-refractivity contribution < 1.29 is 54.9 Å². The number of allylic oxidation sites excluding steroid dienone is 2. The van der Waals surface area contributed by atoms with Crippen molar-refractivity contribution in [3.63, 3.8) is 0 Å². The van der Waals surface area contributed by atoms with Crippen LogP contribution in [0, 0.1) is 31.1 Å². The van der Waals surface area contributed by atoms with Crippen LogP contribution in [0.1, 0.15) is 122 Å². The van der Waals surface area contributed by atoms with Gasteiger partial charge in [0, 0.05) is 191 Å². The summed E-state index contributed by atoms with van der Waals surface area (Å²) in [5.74, 6) is -0.982. The number of amides is 2. The van der Waals surface area contributed by atoms with Crippen LogP contribution in [0.3, 0.4) is 0 Å². The number of nitrogens with one attached hydrogen (secondary N) is 4. The second-order valence-corrected chi connectivity index (χ2v) is 50.8. The highest BCUT2D eigenvalue weighted by Crippen LogP contribution is 2.48. The van der Waals surface area contributed by atoms with E-state index in [4.69, 9.17) is 37.4 Å². The van der Waals surface area contributed by atoms with Crippen LogP contribution in [0.15, 0.2) is 191 Å². The SMILES string of the molecule is C=P1(C)CCN(C(CCc2ccc(S(=O)(=O)NC(=O)c3ccc(N4CCN(CC5=C(c6ccc(Cl)cc6)CC(C)(C)CC5)CC4)cc3Oc3cnc4[nH]ccc4c3)cc2[N+](=O)[O-])COC)CC1.C=P1(C)CCN(C(CF)CCc2ccc(S(=O)(=O)NC(=O)c3ccc(N4CCN(CC5=C(c6ccc(Cl)cc6)CC(C)(C)CC5)CC4)cc3Oc3cnc4[nH]ccc4c3)cc2[N+](=O)[O-])CC1. The molecule has 4 fully saturated rings. The predicted molar refractivity (Wildman–Crippen MR) is 535 cm³/mol. The highest BCUT2D eigenvalue weighted by Gasteiger charge is 2.36. The molecule has 2 atom stereocenters. The number of methoxy groups -OCH3 is 1. The third-order valence-electron chi connectivity index (χ3n) is 27.0. The van der Waals surface area contributed by atoms with E-state index in [0.717, 1.165) is 186 Å². The predicted octanol–water partition coefficient (Wildman–Crippen LogP) is 18.7. The molecule has 10 aromatic rings. The Hall–Kier alpha value is -10.1. The fourth-order valence-electron chi connectivity index (χ4n) is 18.8. The Morgan fingerprint density at radius 1 is 0.541 bits per heavy atom. The summed E-state index contributed by atoms with van der Waals surface area (Å²) in [6.45, 7) is 22.4. The Kier molecular flexibility index (Phi) is 30.5. The van der Waals surface area contributed by atoms with E-state index in [1.54, 1.807) is 62.0 Å². The van der Waals surface area contributed by atoms with Gasteiger partial charge in [0.2, 0.25) is 0 Å². The number of pyridine rings is 2. The van der Waals surface area contributed by atoms with Gasteiger partial charge in [0.05, 0.1) is 49.8 Å². The van der Waals surface area contributed by atoms with Crippen LogP contribution in [0.25, 0.3) is 33.2 Å². The van der Waals surface area contributed by atoms with Crippen LogP contribution in [0.2, 0.25) is 10.0 Å². The van der Waals surface area contributed by atoms with Gasteiger partial charge in [-0.3, -0.25) is 49.4 Å². The molecule has 6 aliphatic rings. The summed E-state index contributed by atoms with van der Waals surface area (Å²) < 4.78 is 92.1. The Morgan fingerprint density at radius 2 is 0.932 bits per heavy atom. The number of alkyl halides is 1. The lowest BCUT2D eigenvalue weighted by Gasteiger charge is -2.39. The van der Waals surface area contributed by atoms with Crippen LogP contribution in [-0.2, 0) is 37.6 Å². The zero-order valence-electron chi connectivity index (χ0n) is 76.6. The lowest BCUT2D eigenvalue weighted by Crippen LogP contribution is -2.47. The highest BCUT2D eigenvalue weighted by atomic mass is 35.5. The molecule has 6 aromatic carbocycles. The van der Waals surface area contributed by atoms with Crippen molar-refractivity contribution in [1.82, 2.24) is 49.0 Å². The summed E-state index contributed by atoms with van der Waals surface area (Å²) in [6.07, 6.45) is 27.1. The fourth-order valence-corrected chi connectivity index (χ4v) is 24.5. The van der Waals surface area contributed by atoms with Crippen LogP contribution >= 0.6 is 37.0 Å². The molecule has 0 spiro atoms. The first kappa shape index (κ1) is 97.5. The molecule has 27 nitrogen and oxygen atoms in total. The summed E-state index contributed by atoms with van der Waals surface area (Å²) in [7, 11) is -7.53. The number of nitro benzene ring substituents is 2. The standard InChI is InChI=1S/C50H61ClN7O7PS.C49H58ClFN7O6PS/c1-50(2)18-16-38(45(31-50)35-6-10-39(51)11-7-35)33-55-20-22-56(23-21-55)40-13-15-44(47(29-40)65-42-28-37-17-19-52-48(37)53-32-42)49(59)54-67(62,63)43-14-9-36(46(30-43)58(60)61)8-12-41(34-64-3)57-24-26-66(4,5)27-25-57;1-49(2)17-15-37(44(30-49)34-5-9-38(50)10-6-34)33-55-19-21-56(22-20-55)39-12-14-43(46(28-39)64-41-27-36-16-18-52-47(36)53-32-41)48(59)54-66(62,63)42-13-8-35(45(29-42)58(60)61)7-11-40(31-51)57-23-25-65(3,4)26-24-57/h6-7,9-11,13-15,17,19,28-30,32,41H,4,8,12,16,18,20-27,31,33-34H2,1-3,5H3,(H,52,53)(H,54,59);5-6,8-10,12-14,16,18,27-29,32,40H,3,7,11,15,17,19-26,30-31,33H2,1-2,4H3,(H,52,53)(H,54,59). The van der Waals surface area contributed by atoms with E-state index in [1.165, 1.54) is 76.1 Å². The molecule has 706 valence electrons. The number of aryl methyl sites for hydroxylation is 2. The first-order valence-electron chi connectivity index (χ1n) is 45.4. The van der Waals surface area contributed by atoms with E-state index >= 15 is 0 Å². The fraction of sp³-hybridized carbons (Fsp3) is 0.414. The van der Waals surface area contributed by atoms with Crippen molar-refractivity contribution in [2.45, 2.75) is 114 Å². The first-order valence-corrected chi connectivity index (χ1v) is 54.7. The number of hydrogen-bond donors (Lipinski definition) is 4.